The molecule has 0 radical (unpaired) electrons. The summed E-state index contributed by atoms with van der Waals surface area (Å²) in [5, 5.41) is 0. The van der Waals surface area contributed by atoms with E-state index in [1.54, 1.807) is 0 Å². The van der Waals surface area contributed by atoms with Crippen LogP contribution in [0.1, 0.15) is 168 Å². The van der Waals surface area contributed by atoms with Crippen molar-refractivity contribution in [3.05, 3.63) is 60.8 Å². The van der Waals surface area contributed by atoms with Gasteiger partial charge in [-0.2, -0.15) is 0 Å². The van der Waals surface area contributed by atoms with Crippen LogP contribution in [0.4, 0.5) is 0 Å². The maximum absolute atomic E-state index is 12.4. The lowest BCUT2D eigenvalue weighted by Gasteiger charge is -2.18. The molecule has 0 aliphatic carbocycles. The van der Waals surface area contributed by atoms with E-state index in [2.05, 4.69) is 73.1 Å². The first-order chi connectivity index (χ1) is 24.3. The van der Waals surface area contributed by atoms with Gasteiger partial charge in [0, 0.05) is 12.8 Å². The molecule has 9 heteroatoms. The summed E-state index contributed by atoms with van der Waals surface area (Å²) >= 11 is 0. The average molecular weight is 723 g/mol. The lowest BCUT2D eigenvalue weighted by atomic mass is 10.1. The first kappa shape index (κ1) is 47.8. The van der Waals surface area contributed by atoms with E-state index in [4.69, 9.17) is 19.3 Å². The Labute approximate surface area is 305 Å². The van der Waals surface area contributed by atoms with Crippen molar-refractivity contribution in [2.45, 2.75) is 174 Å². The standard InChI is InChI=1S/C41H71O8P/c1-3-5-7-9-11-13-15-17-19-20-22-23-25-27-29-31-33-35-40(42)47-37-39(38-48-50(44,45)46)49-41(43)36-34-32-30-28-26-24-21-18-16-14-12-10-8-6-4-2/h14,16-19,21-23,27,29,39H,3-13,15,20,24-26,28,30-38H2,1-2H3,(H2,44,45,46)/b16-14+,19-17+,21-18+,23-22+,29-27+/t39-/m1/s1. The third kappa shape index (κ3) is 38.6. The molecule has 0 aliphatic rings. The molecule has 288 valence electrons. The van der Waals surface area contributed by atoms with Gasteiger partial charge in [-0.3, -0.25) is 14.1 Å². The summed E-state index contributed by atoms with van der Waals surface area (Å²) in [4.78, 5) is 42.7. The SMILES string of the molecule is CCCCCC/C=C/C=C/CCCCCCCC(=O)O[C@H](COC(=O)CCC/C=C/C/C=C/C/C=C/CCCCCCCC)COP(=O)(O)O. The van der Waals surface area contributed by atoms with E-state index in [9.17, 15) is 14.2 Å². The van der Waals surface area contributed by atoms with E-state index >= 15 is 0 Å². The highest BCUT2D eigenvalue weighted by molar-refractivity contribution is 7.46. The van der Waals surface area contributed by atoms with Gasteiger partial charge in [0.15, 0.2) is 6.10 Å². The third-order valence-corrected chi connectivity index (χ3v) is 8.52. The van der Waals surface area contributed by atoms with Crippen LogP contribution in [0.2, 0.25) is 0 Å². The molecule has 0 saturated heterocycles. The van der Waals surface area contributed by atoms with E-state index < -0.39 is 32.5 Å². The minimum Gasteiger partial charge on any atom is -0.462 e. The Bertz CT molecular complexity index is 995. The Balaban J connectivity index is 4.08. The zero-order valence-corrected chi connectivity index (χ0v) is 32.4. The average Bonchev–Trinajstić information content (AvgIpc) is 3.08. The second-order valence-corrected chi connectivity index (χ2v) is 14.2. The predicted octanol–water partition coefficient (Wildman–Crippen LogP) is 11.7. The summed E-state index contributed by atoms with van der Waals surface area (Å²) < 4.78 is 26.3. The molecule has 8 nitrogen and oxygen atoms in total. The highest BCUT2D eigenvalue weighted by Gasteiger charge is 2.22. The second kappa shape index (κ2) is 36.5. The van der Waals surface area contributed by atoms with Crippen molar-refractivity contribution in [1.29, 1.82) is 0 Å². The van der Waals surface area contributed by atoms with E-state index in [1.165, 1.54) is 64.2 Å². The van der Waals surface area contributed by atoms with Crippen molar-refractivity contribution in [3.63, 3.8) is 0 Å². The molecule has 0 aromatic rings. The molecule has 0 unspecified atom stereocenters. The number of hydrogen-bond acceptors (Lipinski definition) is 6. The molecule has 0 spiro atoms. The summed E-state index contributed by atoms with van der Waals surface area (Å²) in [7, 11) is -4.77. The van der Waals surface area contributed by atoms with Gasteiger partial charge < -0.3 is 19.3 Å². The molecule has 0 amide bonds. The summed E-state index contributed by atoms with van der Waals surface area (Å²) in [6.45, 7) is 3.59. The molecule has 0 heterocycles. The highest BCUT2D eigenvalue weighted by Crippen LogP contribution is 2.36. The van der Waals surface area contributed by atoms with Crippen molar-refractivity contribution in [2.75, 3.05) is 13.2 Å². The molecule has 0 aliphatic heterocycles. The lowest BCUT2D eigenvalue weighted by Crippen LogP contribution is -2.29. The van der Waals surface area contributed by atoms with E-state index in [0.717, 1.165) is 64.2 Å². The van der Waals surface area contributed by atoms with E-state index in [1.807, 2.05) is 6.08 Å². The first-order valence-corrected chi connectivity index (χ1v) is 21.1. The number of phosphoric acid groups is 1. The molecule has 50 heavy (non-hydrogen) atoms. The number of hydrogen-bond donors (Lipinski definition) is 2. The van der Waals surface area contributed by atoms with Crippen LogP contribution in [0.5, 0.6) is 0 Å². The van der Waals surface area contributed by atoms with Gasteiger partial charge >= 0.3 is 19.8 Å². The summed E-state index contributed by atoms with van der Waals surface area (Å²) in [5.41, 5.74) is 0. The Morgan fingerprint density at radius 1 is 0.540 bits per heavy atom. The summed E-state index contributed by atoms with van der Waals surface area (Å²) in [6.07, 6.45) is 45.2. The summed E-state index contributed by atoms with van der Waals surface area (Å²) in [5.74, 6) is -0.968. The molecule has 0 aromatic heterocycles. The molecule has 0 rings (SSSR count). The van der Waals surface area contributed by atoms with Crippen LogP contribution in [0.25, 0.3) is 0 Å². The number of phosphoric ester groups is 1. The molecule has 0 bridgehead atoms. The molecule has 0 aromatic carbocycles. The maximum atomic E-state index is 12.4. The molecular formula is C41H71O8P. The van der Waals surface area contributed by atoms with Crippen LogP contribution >= 0.6 is 7.82 Å². The predicted molar refractivity (Wildman–Crippen MR) is 207 cm³/mol. The number of rotatable bonds is 35. The van der Waals surface area contributed by atoms with Gasteiger partial charge in [0.1, 0.15) is 6.61 Å². The van der Waals surface area contributed by atoms with Crippen molar-refractivity contribution >= 4 is 19.8 Å². The fourth-order valence-corrected chi connectivity index (χ4v) is 5.44. The number of carbonyl (C=O) groups is 2. The van der Waals surface area contributed by atoms with Crippen LogP contribution in [0, 0.1) is 0 Å². The van der Waals surface area contributed by atoms with E-state index in [0.29, 0.717) is 12.8 Å². The van der Waals surface area contributed by atoms with Gasteiger partial charge in [0.05, 0.1) is 6.61 Å². The summed E-state index contributed by atoms with van der Waals surface area (Å²) in [6, 6.07) is 0. The van der Waals surface area contributed by atoms with Crippen LogP contribution in [-0.2, 0) is 28.2 Å². The third-order valence-electron chi connectivity index (χ3n) is 8.04. The Morgan fingerprint density at radius 3 is 1.54 bits per heavy atom. The van der Waals surface area contributed by atoms with Gasteiger partial charge in [0.2, 0.25) is 0 Å². The molecule has 0 fully saturated rings. The quantitative estimate of drug-likeness (QED) is 0.0218. The van der Waals surface area contributed by atoms with Gasteiger partial charge in [-0.05, 0) is 70.6 Å². The van der Waals surface area contributed by atoms with Gasteiger partial charge in [-0.1, -0.05) is 145 Å². The number of esters is 2. The number of allylic oxidation sites excluding steroid dienone is 10. The monoisotopic (exact) mass is 722 g/mol. The molecular weight excluding hydrogens is 651 g/mol. The largest absolute Gasteiger partial charge is 0.469 e. The molecule has 1 atom stereocenters. The minimum atomic E-state index is -4.77. The second-order valence-electron chi connectivity index (χ2n) is 12.9. The molecule has 0 saturated carbocycles. The first-order valence-electron chi connectivity index (χ1n) is 19.6. The Kier molecular flexibility index (Phi) is 34.9. The number of unbranched alkanes of at least 4 members (excludes halogenated alkanes) is 16. The zero-order valence-electron chi connectivity index (χ0n) is 31.5. The van der Waals surface area contributed by atoms with Crippen LogP contribution in [-0.4, -0.2) is 41.0 Å². The Morgan fingerprint density at radius 2 is 0.980 bits per heavy atom. The van der Waals surface area contributed by atoms with Gasteiger partial charge in [-0.15, -0.1) is 0 Å². The van der Waals surface area contributed by atoms with Crippen molar-refractivity contribution in [2.24, 2.45) is 0 Å². The maximum Gasteiger partial charge on any atom is 0.469 e. The smallest absolute Gasteiger partial charge is 0.462 e. The van der Waals surface area contributed by atoms with Gasteiger partial charge in [0.25, 0.3) is 0 Å². The number of ether oxygens (including phenoxy) is 2. The van der Waals surface area contributed by atoms with Crippen molar-refractivity contribution < 1.29 is 37.9 Å². The van der Waals surface area contributed by atoms with Crippen molar-refractivity contribution in [1.82, 2.24) is 0 Å². The lowest BCUT2D eigenvalue weighted by molar-refractivity contribution is -0.161. The van der Waals surface area contributed by atoms with Crippen LogP contribution in [0.15, 0.2) is 60.8 Å². The fourth-order valence-electron chi connectivity index (χ4n) is 5.08. The minimum absolute atomic E-state index is 0.181. The van der Waals surface area contributed by atoms with Crippen LogP contribution in [0.3, 0.4) is 0 Å². The molecule has 2 N–H and O–H groups in total. The normalized spacial score (nSPS) is 13.1. The topological polar surface area (TPSA) is 119 Å². The van der Waals surface area contributed by atoms with Crippen LogP contribution < -0.4 is 0 Å². The van der Waals surface area contributed by atoms with E-state index in [-0.39, 0.29) is 19.4 Å². The Hall–Kier alpha value is -2.25. The zero-order chi connectivity index (χ0) is 36.8. The van der Waals surface area contributed by atoms with Crippen molar-refractivity contribution in [3.8, 4) is 0 Å². The highest BCUT2D eigenvalue weighted by atomic mass is 31.2. The van der Waals surface area contributed by atoms with Gasteiger partial charge in [-0.25, -0.2) is 4.57 Å². The fraction of sp³-hybridized carbons (Fsp3) is 0.707. The number of carbonyl (C=O) groups excluding carboxylic acids is 2.